The van der Waals surface area contributed by atoms with E-state index in [1.165, 1.54) is 0 Å². The van der Waals surface area contributed by atoms with E-state index in [-0.39, 0.29) is 36.6 Å². The van der Waals surface area contributed by atoms with Crippen LogP contribution in [-0.4, -0.2) is 49.8 Å². The van der Waals surface area contributed by atoms with Crippen LogP contribution in [0.5, 0.6) is 0 Å². The Morgan fingerprint density at radius 3 is 1.35 bits per heavy atom. The van der Waals surface area contributed by atoms with Gasteiger partial charge in [0.2, 0.25) is 0 Å². The second-order valence-electron chi connectivity index (χ2n) is 3.04. The van der Waals surface area contributed by atoms with Gasteiger partial charge in [-0.15, -0.1) is 0 Å². The van der Waals surface area contributed by atoms with E-state index < -0.39 is 0 Å². The van der Waals surface area contributed by atoms with Crippen LogP contribution in [0.15, 0.2) is 0 Å². The van der Waals surface area contributed by atoms with Crippen molar-refractivity contribution in [2.45, 2.75) is 39.5 Å². The second kappa shape index (κ2) is 18.6. The molecule has 0 heterocycles. The normalized spacial score (nSPS) is 8.12. The minimum absolute atomic E-state index is 0. The third kappa shape index (κ3) is 31.4. The molecule has 17 heavy (non-hydrogen) atoms. The van der Waals surface area contributed by atoms with E-state index in [2.05, 4.69) is 38.3 Å². The molecule has 0 fully saturated rings. The molecule has 0 spiro atoms. The zero-order valence-corrected chi connectivity index (χ0v) is 17.9. The molecule has 0 aliphatic carbocycles. The topological polar surface area (TPSA) is 70.5 Å². The van der Waals surface area contributed by atoms with E-state index in [0.717, 1.165) is 25.7 Å². The monoisotopic (exact) mass is 478 g/mol. The molecule has 0 rings (SSSR count). The Kier molecular flexibility index (Phi) is 24.6. The molecule has 4 N–H and O–H groups in total. The van der Waals surface area contributed by atoms with E-state index in [1.807, 2.05) is 0 Å². The summed E-state index contributed by atoms with van der Waals surface area (Å²) in [7, 11) is 0. The van der Waals surface area contributed by atoms with Gasteiger partial charge in [0.25, 0.3) is 10.3 Å². The van der Waals surface area contributed by atoms with Crippen LogP contribution < -0.4 is 11.5 Å². The Bertz CT molecular complexity index is 175. The van der Waals surface area contributed by atoms with E-state index in [1.54, 1.807) is 0 Å². The summed E-state index contributed by atoms with van der Waals surface area (Å²) in [4.78, 5) is 0. The van der Waals surface area contributed by atoms with Crippen LogP contribution in [0.4, 0.5) is 0 Å². The van der Waals surface area contributed by atoms with Crippen LogP contribution in [0, 0.1) is 0 Å². The van der Waals surface area contributed by atoms with Crippen LogP contribution in [0.25, 0.3) is 0 Å². The van der Waals surface area contributed by atoms with Crippen LogP contribution in [0.2, 0.25) is 0 Å². The first-order chi connectivity index (χ1) is 7.54. The summed E-state index contributed by atoms with van der Waals surface area (Å²) < 4.78 is 9.58. The van der Waals surface area contributed by atoms with Crippen molar-refractivity contribution >= 4 is 61.0 Å². The molecule has 7 heteroatoms. The third-order valence-corrected chi connectivity index (χ3v) is 1.72. The molecule has 0 aliphatic heterocycles. The molecule has 0 aliphatic rings. The van der Waals surface area contributed by atoms with Gasteiger partial charge in [-0.1, -0.05) is 26.7 Å². The van der Waals surface area contributed by atoms with Gasteiger partial charge in [0.05, 0.1) is 13.2 Å². The maximum absolute atomic E-state index is 5.04. The molecular formula is C10H25BiN2O2S2. The van der Waals surface area contributed by atoms with Crippen molar-refractivity contribution < 1.29 is 9.47 Å². The molecule has 0 unspecified atom stereocenters. The number of hydrogen-bond acceptors (Lipinski definition) is 4. The summed E-state index contributed by atoms with van der Waals surface area (Å²) in [5.41, 5.74) is 10.1. The van der Waals surface area contributed by atoms with Gasteiger partial charge >= 0.3 is 26.2 Å². The Morgan fingerprint density at radius 1 is 0.882 bits per heavy atom. The van der Waals surface area contributed by atoms with Crippen molar-refractivity contribution in [3.05, 3.63) is 0 Å². The first kappa shape index (κ1) is 22.4. The molecule has 0 aromatic carbocycles. The van der Waals surface area contributed by atoms with Crippen LogP contribution in [-0.2, 0) is 9.47 Å². The first-order valence-corrected chi connectivity index (χ1v) is 6.20. The van der Waals surface area contributed by atoms with Gasteiger partial charge < -0.3 is 20.9 Å². The average Bonchev–Trinajstić information content (AvgIpc) is 2.18. The predicted molar refractivity (Wildman–Crippen MR) is 85.2 cm³/mol. The van der Waals surface area contributed by atoms with Gasteiger partial charge in [-0.05, 0) is 37.3 Å². The summed E-state index contributed by atoms with van der Waals surface area (Å²) in [6.45, 7) is 5.49. The summed E-state index contributed by atoms with van der Waals surface area (Å²) in [5.74, 6) is 0. The van der Waals surface area contributed by atoms with E-state index >= 15 is 0 Å². The minimum atomic E-state index is 0. The van der Waals surface area contributed by atoms with Gasteiger partial charge in [0, 0.05) is 0 Å². The van der Waals surface area contributed by atoms with E-state index in [4.69, 9.17) is 20.9 Å². The molecule has 0 amide bonds. The molecule has 0 bridgehead atoms. The number of unbranched alkanes of at least 4 members (excludes halogenated alkanes) is 2. The Hall–Kier alpha value is 0.263. The SMILES string of the molecule is CCCCOC(N)=S.CCCCOC(N)=S.[BiH3]. The molecule has 0 saturated heterocycles. The van der Waals surface area contributed by atoms with Crippen molar-refractivity contribution in [1.29, 1.82) is 0 Å². The van der Waals surface area contributed by atoms with Gasteiger partial charge in [-0.2, -0.15) is 0 Å². The van der Waals surface area contributed by atoms with Gasteiger partial charge in [0.1, 0.15) is 0 Å². The summed E-state index contributed by atoms with van der Waals surface area (Å²) in [6, 6.07) is 0. The predicted octanol–water partition coefficient (Wildman–Crippen LogP) is 0.909. The fourth-order valence-corrected chi connectivity index (χ4v) is 0.801. The number of nitrogens with two attached hydrogens (primary N) is 2. The zero-order valence-electron chi connectivity index (χ0n) is 10.7. The Morgan fingerprint density at radius 2 is 1.18 bits per heavy atom. The molecule has 0 atom stereocenters. The number of rotatable bonds is 6. The molecule has 0 radical (unpaired) electrons. The summed E-state index contributed by atoms with van der Waals surface area (Å²) in [5, 5.41) is 0.303. The maximum atomic E-state index is 5.04. The fraction of sp³-hybridized carbons (Fsp3) is 0.800. The Balaban J connectivity index is -0.000000218. The molecule has 0 aromatic heterocycles. The van der Waals surface area contributed by atoms with E-state index in [9.17, 15) is 0 Å². The second-order valence-corrected chi connectivity index (χ2v) is 3.85. The van der Waals surface area contributed by atoms with Crippen molar-refractivity contribution in [1.82, 2.24) is 0 Å². The van der Waals surface area contributed by atoms with Gasteiger partial charge in [0.15, 0.2) is 0 Å². The molecular weight excluding hydrogens is 453 g/mol. The van der Waals surface area contributed by atoms with Crippen molar-refractivity contribution in [2.24, 2.45) is 11.5 Å². The zero-order chi connectivity index (χ0) is 12.8. The van der Waals surface area contributed by atoms with Gasteiger partial charge in [-0.3, -0.25) is 0 Å². The molecule has 0 saturated carbocycles. The quantitative estimate of drug-likeness (QED) is 0.336. The fourth-order valence-electron chi connectivity index (χ4n) is 0.634. The third-order valence-electron chi connectivity index (χ3n) is 1.48. The summed E-state index contributed by atoms with van der Waals surface area (Å²) in [6.07, 6.45) is 4.28. The Labute approximate surface area is 134 Å². The van der Waals surface area contributed by atoms with Crippen LogP contribution >= 0.6 is 24.4 Å². The number of thiocarbonyl (C=S) groups is 2. The van der Waals surface area contributed by atoms with Crippen molar-refractivity contribution in [3.63, 3.8) is 0 Å². The molecule has 4 nitrogen and oxygen atoms in total. The molecule has 0 aromatic rings. The standard InChI is InChI=1S/2C5H11NOS.Bi.3H/c2*1-2-3-4-7-5(6)8;;;;/h2*2-4H2,1H3,(H2,6,8);;;;. The summed E-state index contributed by atoms with van der Waals surface area (Å²) >= 11 is 8.93. The molecule has 104 valence electrons. The van der Waals surface area contributed by atoms with Crippen molar-refractivity contribution in [3.8, 4) is 0 Å². The number of ether oxygens (including phenoxy) is 2. The van der Waals surface area contributed by atoms with E-state index in [0.29, 0.717) is 13.2 Å². The first-order valence-electron chi connectivity index (χ1n) is 5.39. The van der Waals surface area contributed by atoms with Gasteiger partial charge in [-0.25, -0.2) is 0 Å². The van der Waals surface area contributed by atoms with Crippen molar-refractivity contribution in [2.75, 3.05) is 13.2 Å². The van der Waals surface area contributed by atoms with Crippen LogP contribution in [0.3, 0.4) is 0 Å². The number of hydrogen-bond donors (Lipinski definition) is 2. The van der Waals surface area contributed by atoms with Crippen LogP contribution in [0.1, 0.15) is 39.5 Å². The average molecular weight is 478 g/mol.